The fourth-order valence-electron chi connectivity index (χ4n) is 3.05. The molecule has 0 spiro atoms. The predicted molar refractivity (Wildman–Crippen MR) is 72.3 cm³/mol. The van der Waals surface area contributed by atoms with Crippen molar-refractivity contribution in [3.8, 4) is 0 Å². The number of alkyl halides is 3. The topological polar surface area (TPSA) is 15.3 Å². The standard InChI is InChI=1S/C14H27F3N2/c1-13(2,19-10-5-4-6-11-19)12(18-3)8-7-9-14(15,16)17/h12,18H,4-11H2,1-3H3. The number of hydrogen-bond acceptors (Lipinski definition) is 2. The van der Waals surface area contributed by atoms with Crippen molar-refractivity contribution in [3.63, 3.8) is 0 Å². The van der Waals surface area contributed by atoms with Crippen LogP contribution in [0.25, 0.3) is 0 Å². The molecule has 19 heavy (non-hydrogen) atoms. The lowest BCUT2D eigenvalue weighted by molar-refractivity contribution is -0.136. The summed E-state index contributed by atoms with van der Waals surface area (Å²) in [5.74, 6) is 0. The Morgan fingerprint density at radius 2 is 1.68 bits per heavy atom. The van der Waals surface area contributed by atoms with Gasteiger partial charge in [0.15, 0.2) is 0 Å². The minimum atomic E-state index is -4.03. The fraction of sp³-hybridized carbons (Fsp3) is 1.00. The number of halogens is 3. The Bertz CT molecular complexity index is 258. The van der Waals surface area contributed by atoms with Gasteiger partial charge in [0.25, 0.3) is 0 Å². The number of nitrogens with zero attached hydrogens (tertiary/aromatic N) is 1. The molecule has 0 bridgehead atoms. The molecule has 0 aromatic rings. The first-order valence-electron chi connectivity index (χ1n) is 7.26. The molecule has 5 heteroatoms. The molecule has 1 rings (SSSR count). The van der Waals surface area contributed by atoms with Crippen LogP contribution in [0.4, 0.5) is 13.2 Å². The van der Waals surface area contributed by atoms with Crippen LogP contribution in [0.2, 0.25) is 0 Å². The quantitative estimate of drug-likeness (QED) is 0.800. The van der Waals surface area contributed by atoms with Gasteiger partial charge in [-0.1, -0.05) is 6.42 Å². The lowest BCUT2D eigenvalue weighted by Crippen LogP contribution is -2.58. The van der Waals surface area contributed by atoms with Crippen LogP contribution in [0.3, 0.4) is 0 Å². The van der Waals surface area contributed by atoms with Gasteiger partial charge >= 0.3 is 6.18 Å². The van der Waals surface area contributed by atoms with E-state index in [1.165, 1.54) is 19.3 Å². The second kappa shape index (κ2) is 6.93. The lowest BCUT2D eigenvalue weighted by Gasteiger charge is -2.46. The highest BCUT2D eigenvalue weighted by atomic mass is 19.4. The van der Waals surface area contributed by atoms with Gasteiger partial charge in [-0.05, 0) is 59.7 Å². The summed E-state index contributed by atoms with van der Waals surface area (Å²) in [7, 11) is 1.85. The molecule has 1 aliphatic heterocycles. The molecule has 0 aliphatic carbocycles. The third-order valence-corrected chi connectivity index (χ3v) is 4.33. The average Bonchev–Trinajstić information content (AvgIpc) is 2.34. The Balaban J connectivity index is 2.51. The van der Waals surface area contributed by atoms with E-state index >= 15 is 0 Å². The number of nitrogens with one attached hydrogen (secondary N) is 1. The zero-order valence-corrected chi connectivity index (χ0v) is 12.3. The monoisotopic (exact) mass is 280 g/mol. The summed E-state index contributed by atoms with van der Waals surface area (Å²) in [6.07, 6.45) is -0.281. The minimum Gasteiger partial charge on any atom is -0.315 e. The second-order valence-electron chi connectivity index (χ2n) is 6.05. The number of likely N-dealkylation sites (tertiary alicyclic amines) is 1. The van der Waals surface area contributed by atoms with E-state index in [1.807, 2.05) is 7.05 Å². The maximum Gasteiger partial charge on any atom is 0.389 e. The van der Waals surface area contributed by atoms with Crippen LogP contribution in [0, 0.1) is 0 Å². The summed E-state index contributed by atoms with van der Waals surface area (Å²) in [5.41, 5.74) is -0.0826. The zero-order valence-electron chi connectivity index (χ0n) is 12.3. The van der Waals surface area contributed by atoms with Crippen LogP contribution in [-0.2, 0) is 0 Å². The molecule has 0 aromatic carbocycles. The molecular weight excluding hydrogens is 253 g/mol. The summed E-state index contributed by atoms with van der Waals surface area (Å²) in [6, 6.07) is 0.105. The summed E-state index contributed by atoms with van der Waals surface area (Å²) >= 11 is 0. The van der Waals surface area contributed by atoms with Crippen molar-refractivity contribution < 1.29 is 13.2 Å². The normalized spacial score (nSPS) is 20.5. The summed E-state index contributed by atoms with van der Waals surface area (Å²) in [5, 5.41) is 3.22. The first-order chi connectivity index (χ1) is 8.77. The van der Waals surface area contributed by atoms with E-state index in [9.17, 15) is 13.2 Å². The average molecular weight is 280 g/mol. The Kier molecular flexibility index (Phi) is 6.12. The Morgan fingerprint density at radius 1 is 1.11 bits per heavy atom. The van der Waals surface area contributed by atoms with E-state index in [0.717, 1.165) is 13.1 Å². The molecule has 0 aromatic heterocycles. The first-order valence-corrected chi connectivity index (χ1v) is 7.26. The smallest absolute Gasteiger partial charge is 0.315 e. The van der Waals surface area contributed by atoms with Crippen LogP contribution in [0.1, 0.15) is 52.4 Å². The molecule has 1 saturated heterocycles. The van der Waals surface area contributed by atoms with Crippen molar-refractivity contribution in [2.75, 3.05) is 20.1 Å². The van der Waals surface area contributed by atoms with E-state index in [4.69, 9.17) is 0 Å². The molecule has 0 saturated carbocycles. The van der Waals surface area contributed by atoms with Crippen molar-refractivity contribution >= 4 is 0 Å². The van der Waals surface area contributed by atoms with Crippen LogP contribution in [0.5, 0.6) is 0 Å². The van der Waals surface area contributed by atoms with Gasteiger partial charge in [-0.25, -0.2) is 0 Å². The Hall–Kier alpha value is -0.290. The Morgan fingerprint density at radius 3 is 2.16 bits per heavy atom. The van der Waals surface area contributed by atoms with Gasteiger partial charge < -0.3 is 5.32 Å². The van der Waals surface area contributed by atoms with E-state index in [-0.39, 0.29) is 18.0 Å². The van der Waals surface area contributed by atoms with Crippen LogP contribution < -0.4 is 5.32 Å². The maximum absolute atomic E-state index is 12.2. The third kappa shape index (κ3) is 5.30. The van der Waals surface area contributed by atoms with Gasteiger partial charge in [0, 0.05) is 18.0 Å². The summed E-state index contributed by atoms with van der Waals surface area (Å²) < 4.78 is 36.7. The molecule has 1 N–H and O–H groups in total. The highest BCUT2D eigenvalue weighted by Gasteiger charge is 2.35. The molecule has 0 radical (unpaired) electrons. The highest BCUT2D eigenvalue weighted by Crippen LogP contribution is 2.28. The molecular formula is C14H27F3N2. The molecule has 2 nitrogen and oxygen atoms in total. The van der Waals surface area contributed by atoms with E-state index < -0.39 is 12.6 Å². The molecule has 1 heterocycles. The third-order valence-electron chi connectivity index (χ3n) is 4.33. The van der Waals surface area contributed by atoms with Gasteiger partial charge in [0.1, 0.15) is 0 Å². The van der Waals surface area contributed by atoms with Crippen molar-refractivity contribution in [1.82, 2.24) is 10.2 Å². The van der Waals surface area contributed by atoms with E-state index in [0.29, 0.717) is 6.42 Å². The second-order valence-corrected chi connectivity index (χ2v) is 6.05. The molecule has 114 valence electrons. The zero-order chi connectivity index (χ0) is 14.5. The van der Waals surface area contributed by atoms with Crippen molar-refractivity contribution in [2.24, 2.45) is 0 Å². The van der Waals surface area contributed by atoms with Gasteiger partial charge in [-0.15, -0.1) is 0 Å². The van der Waals surface area contributed by atoms with E-state index in [2.05, 4.69) is 24.1 Å². The number of hydrogen-bond donors (Lipinski definition) is 1. The van der Waals surface area contributed by atoms with Crippen molar-refractivity contribution in [1.29, 1.82) is 0 Å². The lowest BCUT2D eigenvalue weighted by atomic mass is 9.87. The fourth-order valence-corrected chi connectivity index (χ4v) is 3.05. The minimum absolute atomic E-state index is 0.0826. The number of piperidine rings is 1. The molecule has 1 fully saturated rings. The van der Waals surface area contributed by atoms with Crippen molar-refractivity contribution in [3.05, 3.63) is 0 Å². The summed E-state index contributed by atoms with van der Waals surface area (Å²) in [4.78, 5) is 2.42. The maximum atomic E-state index is 12.2. The molecule has 1 unspecified atom stereocenters. The summed E-state index contributed by atoms with van der Waals surface area (Å²) in [6.45, 7) is 6.41. The number of likely N-dealkylation sites (N-methyl/N-ethyl adjacent to an activating group) is 1. The highest BCUT2D eigenvalue weighted by molar-refractivity contribution is 4.94. The SMILES string of the molecule is CNC(CCCC(F)(F)F)C(C)(C)N1CCCCC1. The number of rotatable bonds is 6. The Labute approximate surface area is 114 Å². The largest absolute Gasteiger partial charge is 0.389 e. The van der Waals surface area contributed by atoms with Gasteiger partial charge in [0.2, 0.25) is 0 Å². The van der Waals surface area contributed by atoms with Crippen molar-refractivity contribution in [2.45, 2.75) is 70.1 Å². The molecule has 1 aliphatic rings. The molecule has 1 atom stereocenters. The van der Waals surface area contributed by atoms with Gasteiger partial charge in [-0.3, -0.25) is 4.90 Å². The molecule has 0 amide bonds. The van der Waals surface area contributed by atoms with Gasteiger partial charge in [0.05, 0.1) is 0 Å². The van der Waals surface area contributed by atoms with Crippen LogP contribution in [0.15, 0.2) is 0 Å². The first kappa shape index (κ1) is 16.8. The predicted octanol–water partition coefficient (Wildman–Crippen LogP) is 3.57. The van der Waals surface area contributed by atoms with Crippen LogP contribution >= 0.6 is 0 Å². The van der Waals surface area contributed by atoms with Gasteiger partial charge in [-0.2, -0.15) is 13.2 Å². The van der Waals surface area contributed by atoms with E-state index in [1.54, 1.807) is 0 Å². The van der Waals surface area contributed by atoms with Crippen LogP contribution in [-0.4, -0.2) is 42.8 Å².